The normalized spacial score (nSPS) is 25.8. The van der Waals surface area contributed by atoms with Gasteiger partial charge in [0.05, 0.1) is 34.3 Å². The first-order valence-corrected chi connectivity index (χ1v) is 10.6. The van der Waals surface area contributed by atoms with E-state index >= 15 is 0 Å². The summed E-state index contributed by atoms with van der Waals surface area (Å²) in [6.07, 6.45) is -1.33. The summed E-state index contributed by atoms with van der Waals surface area (Å²) in [4.78, 5) is 39.3. The van der Waals surface area contributed by atoms with E-state index in [9.17, 15) is 24.6 Å². The fourth-order valence-corrected chi connectivity index (χ4v) is 5.45. The zero-order valence-corrected chi connectivity index (χ0v) is 17.9. The van der Waals surface area contributed by atoms with E-state index in [1.54, 1.807) is 27.0 Å². The highest BCUT2D eigenvalue weighted by Gasteiger charge is 2.41. The van der Waals surface area contributed by atoms with Gasteiger partial charge in [-0.15, -0.1) is 11.3 Å². The number of carbonyl (C=O) groups excluding carboxylic acids is 3. The van der Waals surface area contributed by atoms with Gasteiger partial charge in [0.2, 0.25) is 0 Å². The largest absolute Gasteiger partial charge is 0.507 e. The van der Waals surface area contributed by atoms with Crippen LogP contribution in [0.1, 0.15) is 78.3 Å². The Morgan fingerprint density at radius 2 is 1.90 bits per heavy atom. The molecule has 3 N–H and O–H groups in total. The number of aromatic hydroxyl groups is 1. The second kappa shape index (κ2) is 7.39. The molecule has 1 aliphatic heterocycles. The Kier molecular flexibility index (Phi) is 5.14. The summed E-state index contributed by atoms with van der Waals surface area (Å²) >= 11 is 1.12. The van der Waals surface area contributed by atoms with Gasteiger partial charge in [0, 0.05) is 27.6 Å². The molecule has 4 rings (SSSR count). The van der Waals surface area contributed by atoms with E-state index in [0.29, 0.717) is 16.9 Å². The number of carbonyl (C=O) groups is 3. The summed E-state index contributed by atoms with van der Waals surface area (Å²) in [5.41, 5.74) is 0.761. The van der Waals surface area contributed by atoms with Crippen molar-refractivity contribution in [3.63, 3.8) is 0 Å². The number of fused-ring (bicyclic) bond motifs is 2. The number of thiophene rings is 1. The van der Waals surface area contributed by atoms with Crippen molar-refractivity contribution in [1.29, 1.82) is 0 Å². The summed E-state index contributed by atoms with van der Waals surface area (Å²) in [5, 5.41) is 24.3. The van der Waals surface area contributed by atoms with Crippen molar-refractivity contribution in [3.8, 4) is 5.75 Å². The molecule has 7 nitrogen and oxygen atoms in total. The highest BCUT2D eigenvalue weighted by molar-refractivity contribution is 7.15. The Balaban J connectivity index is 1.82. The molecule has 1 aliphatic carbocycles. The number of aryl methyl sites for hydroxylation is 1. The van der Waals surface area contributed by atoms with Gasteiger partial charge in [-0.3, -0.25) is 14.4 Å². The first-order valence-electron chi connectivity index (χ1n) is 9.77. The fourth-order valence-electron chi connectivity index (χ4n) is 4.41. The molecule has 2 aromatic rings. The fraction of sp³-hybridized carbons (Fsp3) is 0.409. The number of aliphatic hydroxyl groups is 1. The number of ether oxygens (including phenoxy) is 1. The van der Waals surface area contributed by atoms with Gasteiger partial charge in [-0.05, 0) is 40.3 Å². The predicted molar refractivity (Wildman–Crippen MR) is 111 cm³/mol. The number of phenols is 1. The average molecular weight is 429 g/mol. The highest BCUT2D eigenvalue weighted by Crippen LogP contribution is 2.44. The Morgan fingerprint density at radius 1 is 1.20 bits per heavy atom. The lowest BCUT2D eigenvalue weighted by Gasteiger charge is -2.38. The maximum absolute atomic E-state index is 13.3. The van der Waals surface area contributed by atoms with E-state index in [-0.39, 0.29) is 44.7 Å². The number of hydrogen-bond acceptors (Lipinski definition) is 8. The number of benzene rings is 1. The molecule has 0 radical (unpaired) electrons. The smallest absolute Gasteiger partial charge is 0.199 e. The zero-order chi connectivity index (χ0) is 21.9. The second-order valence-electron chi connectivity index (χ2n) is 7.83. The van der Waals surface area contributed by atoms with Crippen LogP contribution in [-0.4, -0.2) is 52.9 Å². The van der Waals surface area contributed by atoms with Crippen LogP contribution in [-0.2, 0) is 4.74 Å². The van der Waals surface area contributed by atoms with Crippen molar-refractivity contribution in [2.45, 2.75) is 51.5 Å². The van der Waals surface area contributed by atoms with Gasteiger partial charge in [0.1, 0.15) is 5.75 Å². The lowest BCUT2D eigenvalue weighted by molar-refractivity contribution is -0.125. The summed E-state index contributed by atoms with van der Waals surface area (Å²) < 4.78 is 5.89. The van der Waals surface area contributed by atoms with Gasteiger partial charge in [-0.2, -0.15) is 0 Å². The minimum Gasteiger partial charge on any atom is -0.507 e. The molecule has 0 bridgehead atoms. The molecular formula is C22H23NO6S. The Morgan fingerprint density at radius 3 is 2.53 bits per heavy atom. The van der Waals surface area contributed by atoms with Crippen molar-refractivity contribution in [2.75, 3.05) is 7.05 Å². The number of nitrogens with one attached hydrogen (secondary N) is 1. The van der Waals surface area contributed by atoms with Gasteiger partial charge in [0.15, 0.2) is 17.3 Å². The van der Waals surface area contributed by atoms with E-state index in [2.05, 4.69) is 5.32 Å². The molecule has 4 unspecified atom stereocenters. The third-order valence-corrected chi connectivity index (χ3v) is 7.20. The third-order valence-electron chi connectivity index (χ3n) is 6.00. The van der Waals surface area contributed by atoms with Crippen molar-refractivity contribution >= 4 is 28.7 Å². The molecule has 1 aromatic carbocycles. The first kappa shape index (κ1) is 20.9. The number of rotatable bonds is 3. The molecule has 158 valence electrons. The minimum absolute atomic E-state index is 0.0515. The van der Waals surface area contributed by atoms with Gasteiger partial charge in [-0.1, -0.05) is 6.07 Å². The van der Waals surface area contributed by atoms with E-state index in [0.717, 1.165) is 11.3 Å². The van der Waals surface area contributed by atoms with Crippen LogP contribution in [0.3, 0.4) is 0 Å². The molecule has 4 atom stereocenters. The molecule has 0 saturated carbocycles. The SMILES string of the molecule is CNC1CC(c2ccc3c(c2O)C(=O)c2c(C)sc(C(C)=O)c2C3=O)OC(C)C1O. The predicted octanol–water partition coefficient (Wildman–Crippen LogP) is 2.54. The number of likely N-dealkylation sites (N-methyl/N-ethyl adjacent to an activating group) is 1. The van der Waals surface area contributed by atoms with Crippen LogP contribution in [0.2, 0.25) is 0 Å². The van der Waals surface area contributed by atoms with Crippen LogP contribution in [0.5, 0.6) is 5.75 Å². The number of ketones is 3. The Labute approximate surface area is 177 Å². The number of phenolic OH excluding ortho intramolecular Hbond substituents is 1. The standard InChI is InChI=1S/C22H23NO6S/c1-8(24)22-17-15(10(3)30-22)21(28)16-12(20(17)27)6-5-11(19(16)26)14-7-13(23-4)18(25)9(2)29-14/h5-6,9,13-14,18,23,25-26H,7H2,1-4H3. The monoisotopic (exact) mass is 429 g/mol. The first-order chi connectivity index (χ1) is 14.2. The van der Waals surface area contributed by atoms with Gasteiger partial charge < -0.3 is 20.3 Å². The van der Waals surface area contributed by atoms with Crippen molar-refractivity contribution in [2.24, 2.45) is 0 Å². The molecular weight excluding hydrogens is 406 g/mol. The molecule has 0 spiro atoms. The summed E-state index contributed by atoms with van der Waals surface area (Å²) in [5.74, 6) is -1.45. The minimum atomic E-state index is -0.699. The maximum atomic E-state index is 13.3. The molecule has 2 heterocycles. The van der Waals surface area contributed by atoms with E-state index < -0.39 is 29.9 Å². The van der Waals surface area contributed by atoms with E-state index in [1.165, 1.54) is 13.0 Å². The molecule has 30 heavy (non-hydrogen) atoms. The van der Waals surface area contributed by atoms with Gasteiger partial charge in [0.25, 0.3) is 0 Å². The van der Waals surface area contributed by atoms with Crippen LogP contribution in [0.15, 0.2) is 12.1 Å². The summed E-state index contributed by atoms with van der Waals surface area (Å²) in [6.45, 7) is 4.81. The van der Waals surface area contributed by atoms with Crippen molar-refractivity contribution in [3.05, 3.63) is 49.7 Å². The van der Waals surface area contributed by atoms with Crippen molar-refractivity contribution in [1.82, 2.24) is 5.32 Å². The summed E-state index contributed by atoms with van der Waals surface area (Å²) in [7, 11) is 1.74. The van der Waals surface area contributed by atoms with Crippen LogP contribution in [0.25, 0.3) is 0 Å². The molecule has 1 fully saturated rings. The van der Waals surface area contributed by atoms with Gasteiger partial charge in [-0.25, -0.2) is 0 Å². The van der Waals surface area contributed by atoms with Crippen LogP contribution >= 0.6 is 11.3 Å². The molecule has 1 aromatic heterocycles. The maximum Gasteiger partial charge on any atom is 0.199 e. The van der Waals surface area contributed by atoms with Crippen LogP contribution < -0.4 is 5.32 Å². The van der Waals surface area contributed by atoms with Crippen molar-refractivity contribution < 1.29 is 29.3 Å². The summed E-state index contributed by atoms with van der Waals surface area (Å²) in [6, 6.07) is 2.85. The molecule has 1 saturated heterocycles. The number of Topliss-reactive ketones (excluding diaryl/α,β-unsaturated/α-hetero) is 1. The topological polar surface area (TPSA) is 113 Å². The van der Waals surface area contributed by atoms with Gasteiger partial charge >= 0.3 is 0 Å². The Hall–Kier alpha value is -2.39. The second-order valence-corrected chi connectivity index (χ2v) is 9.05. The lowest BCUT2D eigenvalue weighted by Crippen LogP contribution is -2.50. The molecule has 2 aliphatic rings. The zero-order valence-electron chi connectivity index (χ0n) is 17.1. The molecule has 0 amide bonds. The highest BCUT2D eigenvalue weighted by atomic mass is 32.1. The lowest BCUT2D eigenvalue weighted by atomic mass is 9.81. The van der Waals surface area contributed by atoms with Crippen LogP contribution in [0, 0.1) is 6.92 Å². The van der Waals surface area contributed by atoms with Crippen LogP contribution in [0.4, 0.5) is 0 Å². The number of aliphatic hydroxyl groups excluding tert-OH is 1. The molecule has 8 heteroatoms. The number of hydrogen-bond donors (Lipinski definition) is 3. The Bertz CT molecular complexity index is 1090. The van der Waals surface area contributed by atoms with E-state index in [1.807, 2.05) is 0 Å². The quantitative estimate of drug-likeness (QED) is 0.549. The third kappa shape index (κ3) is 2.94. The van der Waals surface area contributed by atoms with E-state index in [4.69, 9.17) is 4.74 Å². The average Bonchev–Trinajstić information content (AvgIpc) is 3.06.